The lowest BCUT2D eigenvalue weighted by atomic mass is 9.94. The van der Waals surface area contributed by atoms with Crippen molar-refractivity contribution < 1.29 is 23.5 Å². The van der Waals surface area contributed by atoms with Crippen molar-refractivity contribution in [1.82, 2.24) is 25.1 Å². The third-order valence-corrected chi connectivity index (χ3v) is 6.33. The van der Waals surface area contributed by atoms with E-state index in [1.54, 1.807) is 37.7 Å². The Morgan fingerprint density at radius 3 is 2.53 bits per heavy atom. The van der Waals surface area contributed by atoms with E-state index in [0.717, 1.165) is 11.1 Å². The molecule has 36 heavy (non-hydrogen) atoms. The van der Waals surface area contributed by atoms with Gasteiger partial charge in [-0.25, -0.2) is 9.37 Å². The number of fused-ring (bicyclic) bond motifs is 1. The molecule has 10 heteroatoms. The molecule has 3 aromatic rings. The van der Waals surface area contributed by atoms with E-state index in [-0.39, 0.29) is 49.3 Å². The molecule has 0 spiro atoms. The largest absolute Gasteiger partial charge is 0.497 e. The Morgan fingerprint density at radius 2 is 1.83 bits per heavy atom. The number of nitrogens with one attached hydrogen (secondary N) is 2. The minimum absolute atomic E-state index is 0.00937. The maximum atomic E-state index is 13.5. The lowest BCUT2D eigenvalue weighted by Crippen LogP contribution is -2.63. The first-order chi connectivity index (χ1) is 17.3. The van der Waals surface area contributed by atoms with Crippen LogP contribution in [-0.2, 0) is 24.4 Å². The molecule has 0 saturated heterocycles. The highest BCUT2D eigenvalue weighted by molar-refractivity contribution is 6.07. The van der Waals surface area contributed by atoms with Crippen LogP contribution in [0.4, 0.5) is 4.39 Å². The molecule has 2 N–H and O–H groups in total. The number of ether oxygens (including phenoxy) is 1. The summed E-state index contributed by atoms with van der Waals surface area (Å²) in [6.07, 6.45) is 1.41. The van der Waals surface area contributed by atoms with Crippen molar-refractivity contribution in [3.05, 3.63) is 83.2 Å². The zero-order valence-electron chi connectivity index (χ0n) is 20.4. The number of amides is 3. The number of halogens is 1. The van der Waals surface area contributed by atoms with Crippen LogP contribution in [-0.4, -0.2) is 51.4 Å². The molecule has 1 aromatic heterocycles. The Balaban J connectivity index is 1.50. The van der Waals surface area contributed by atoms with E-state index in [4.69, 9.17) is 4.74 Å². The van der Waals surface area contributed by atoms with Gasteiger partial charge in [-0.3, -0.25) is 14.4 Å². The van der Waals surface area contributed by atoms with Crippen molar-refractivity contribution in [2.24, 2.45) is 0 Å². The van der Waals surface area contributed by atoms with Gasteiger partial charge < -0.3 is 24.8 Å². The fraction of sp³-hybridized carbons (Fsp3) is 0.308. The number of benzene rings is 2. The van der Waals surface area contributed by atoms with Crippen LogP contribution in [0.1, 0.15) is 46.0 Å². The lowest BCUT2D eigenvalue weighted by molar-refractivity contribution is -0.132. The standard InChI is InChI=1S/C26H28FN5O4/c1-4-32-24(34)22-21(23(33)28-14-18-6-5-7-20(12-18)36-3)30-16-31(22)15-26(32,2)25(35)29-13-17-8-10-19(27)11-9-17/h5-12,16H,4,13-15H2,1-3H3,(H,28,33)(H,29,35). The lowest BCUT2D eigenvalue weighted by Gasteiger charge is -2.43. The van der Waals surface area contributed by atoms with E-state index in [1.807, 2.05) is 24.3 Å². The molecule has 1 unspecified atom stereocenters. The van der Waals surface area contributed by atoms with Gasteiger partial charge >= 0.3 is 0 Å². The number of hydrogen-bond acceptors (Lipinski definition) is 5. The van der Waals surface area contributed by atoms with Crippen molar-refractivity contribution in [3.63, 3.8) is 0 Å². The van der Waals surface area contributed by atoms with Gasteiger partial charge in [0.25, 0.3) is 11.8 Å². The molecule has 0 radical (unpaired) electrons. The van der Waals surface area contributed by atoms with E-state index < -0.39 is 17.4 Å². The van der Waals surface area contributed by atoms with Crippen LogP contribution in [0.5, 0.6) is 5.75 Å². The van der Waals surface area contributed by atoms with Gasteiger partial charge in [-0.05, 0) is 49.2 Å². The van der Waals surface area contributed by atoms with Gasteiger partial charge in [-0.15, -0.1) is 0 Å². The molecular formula is C26H28FN5O4. The molecule has 1 atom stereocenters. The summed E-state index contributed by atoms with van der Waals surface area (Å²) in [5.41, 5.74) is 0.520. The number of imidazole rings is 1. The number of hydrogen-bond donors (Lipinski definition) is 2. The molecule has 0 bridgehead atoms. The minimum atomic E-state index is -1.20. The summed E-state index contributed by atoms with van der Waals surface area (Å²) < 4.78 is 19.9. The van der Waals surface area contributed by atoms with E-state index >= 15 is 0 Å². The predicted octanol–water partition coefficient (Wildman–Crippen LogP) is 2.51. The van der Waals surface area contributed by atoms with Gasteiger partial charge in [-0.2, -0.15) is 0 Å². The summed E-state index contributed by atoms with van der Waals surface area (Å²) >= 11 is 0. The number of carbonyl (C=O) groups excluding carboxylic acids is 3. The highest BCUT2D eigenvalue weighted by Crippen LogP contribution is 2.29. The normalized spacial score (nSPS) is 16.9. The number of carbonyl (C=O) groups is 3. The quantitative estimate of drug-likeness (QED) is 0.502. The molecule has 2 heterocycles. The molecule has 0 fully saturated rings. The zero-order chi connectivity index (χ0) is 25.9. The van der Waals surface area contributed by atoms with E-state index in [1.165, 1.54) is 23.4 Å². The number of methoxy groups -OCH3 is 1. The molecule has 2 aromatic carbocycles. The van der Waals surface area contributed by atoms with Crippen molar-refractivity contribution >= 4 is 17.7 Å². The molecule has 1 aliphatic rings. The SMILES string of the molecule is CCN1C(=O)c2c(C(=O)NCc3cccc(OC)c3)ncn2CC1(C)C(=O)NCc1ccc(F)cc1. The summed E-state index contributed by atoms with van der Waals surface area (Å²) in [5.74, 6) is -0.979. The van der Waals surface area contributed by atoms with Crippen LogP contribution in [0, 0.1) is 5.82 Å². The van der Waals surface area contributed by atoms with Crippen LogP contribution < -0.4 is 15.4 Å². The Labute approximate surface area is 208 Å². The second-order valence-electron chi connectivity index (χ2n) is 8.74. The van der Waals surface area contributed by atoms with Crippen LogP contribution in [0.25, 0.3) is 0 Å². The van der Waals surface area contributed by atoms with E-state index in [2.05, 4.69) is 15.6 Å². The first-order valence-corrected chi connectivity index (χ1v) is 11.6. The van der Waals surface area contributed by atoms with Gasteiger partial charge in [-0.1, -0.05) is 24.3 Å². The fourth-order valence-corrected chi connectivity index (χ4v) is 4.37. The molecule has 0 saturated carbocycles. The van der Waals surface area contributed by atoms with Crippen LogP contribution >= 0.6 is 0 Å². The molecule has 1 aliphatic heterocycles. The molecule has 188 valence electrons. The number of rotatable bonds is 8. The van der Waals surface area contributed by atoms with E-state index in [0.29, 0.717) is 5.75 Å². The third-order valence-electron chi connectivity index (χ3n) is 6.33. The van der Waals surface area contributed by atoms with Crippen molar-refractivity contribution in [2.75, 3.05) is 13.7 Å². The average molecular weight is 494 g/mol. The first kappa shape index (κ1) is 24.9. The van der Waals surface area contributed by atoms with Crippen molar-refractivity contribution in [2.45, 2.75) is 39.0 Å². The van der Waals surface area contributed by atoms with Gasteiger partial charge in [0.15, 0.2) is 5.69 Å². The fourth-order valence-electron chi connectivity index (χ4n) is 4.37. The number of nitrogens with zero attached hydrogens (tertiary/aromatic N) is 3. The third kappa shape index (κ3) is 4.79. The molecular weight excluding hydrogens is 465 g/mol. The molecule has 4 rings (SSSR count). The molecule has 0 aliphatic carbocycles. The van der Waals surface area contributed by atoms with Gasteiger partial charge in [0.1, 0.15) is 22.8 Å². The zero-order valence-corrected chi connectivity index (χ0v) is 20.4. The first-order valence-electron chi connectivity index (χ1n) is 11.6. The summed E-state index contributed by atoms with van der Waals surface area (Å²) in [6.45, 7) is 4.27. The van der Waals surface area contributed by atoms with Gasteiger partial charge in [0, 0.05) is 19.6 Å². The monoisotopic (exact) mass is 493 g/mol. The summed E-state index contributed by atoms with van der Waals surface area (Å²) in [6, 6.07) is 13.1. The van der Waals surface area contributed by atoms with Crippen LogP contribution in [0.2, 0.25) is 0 Å². The van der Waals surface area contributed by atoms with Crippen LogP contribution in [0.3, 0.4) is 0 Å². The highest BCUT2D eigenvalue weighted by Gasteiger charge is 2.48. The maximum Gasteiger partial charge on any atom is 0.273 e. The van der Waals surface area contributed by atoms with Crippen molar-refractivity contribution in [1.29, 1.82) is 0 Å². The minimum Gasteiger partial charge on any atom is -0.497 e. The second kappa shape index (κ2) is 10.2. The summed E-state index contributed by atoms with van der Waals surface area (Å²) in [5, 5.41) is 5.64. The Hall–Kier alpha value is -4.21. The molecule has 3 amide bonds. The average Bonchev–Trinajstić information content (AvgIpc) is 3.31. The Kier molecular flexibility index (Phi) is 7.05. The maximum absolute atomic E-state index is 13.5. The highest BCUT2D eigenvalue weighted by atomic mass is 19.1. The topological polar surface area (TPSA) is 106 Å². The van der Waals surface area contributed by atoms with Crippen LogP contribution in [0.15, 0.2) is 54.9 Å². The van der Waals surface area contributed by atoms with Gasteiger partial charge in [0.2, 0.25) is 5.91 Å². The number of aromatic nitrogens is 2. The van der Waals surface area contributed by atoms with Crippen molar-refractivity contribution in [3.8, 4) is 5.75 Å². The molecule has 9 nitrogen and oxygen atoms in total. The number of likely N-dealkylation sites (N-methyl/N-ethyl adjacent to an activating group) is 1. The predicted molar refractivity (Wildman–Crippen MR) is 130 cm³/mol. The summed E-state index contributed by atoms with van der Waals surface area (Å²) in [4.78, 5) is 45.3. The Morgan fingerprint density at radius 1 is 1.11 bits per heavy atom. The smallest absolute Gasteiger partial charge is 0.273 e. The summed E-state index contributed by atoms with van der Waals surface area (Å²) in [7, 11) is 1.57. The Bertz CT molecular complexity index is 1290. The second-order valence-corrected chi connectivity index (χ2v) is 8.74. The van der Waals surface area contributed by atoms with E-state index in [9.17, 15) is 18.8 Å². The van der Waals surface area contributed by atoms with Gasteiger partial charge in [0.05, 0.1) is 20.0 Å².